The van der Waals surface area contributed by atoms with Gasteiger partial charge in [0.15, 0.2) is 0 Å². The van der Waals surface area contributed by atoms with Gasteiger partial charge in [-0.1, -0.05) is 36.4 Å². The summed E-state index contributed by atoms with van der Waals surface area (Å²) < 4.78 is 17.0. The molecule has 154 valence electrons. The third-order valence-electron chi connectivity index (χ3n) is 5.43. The number of nitrogens with zero attached hydrogens (tertiary/aromatic N) is 1. The third-order valence-corrected chi connectivity index (χ3v) is 6.36. The van der Waals surface area contributed by atoms with Crippen molar-refractivity contribution in [1.29, 1.82) is 0 Å². The standard InChI is InChI=1S/C24H24N2O3S/c1-29-21-11-8-18-15-23(17-6-4-3-5-7-17)26(16-19(18)14-21)24(27)25-20-9-12-22(13-10-20)30(2)28/h3-14,23H,15-16H2,1-2H3,(H,25,27)/t23-,30+/m0/s1. The van der Waals surface area contributed by atoms with Gasteiger partial charge in [0.2, 0.25) is 0 Å². The fourth-order valence-corrected chi connectivity index (χ4v) is 4.32. The maximum absolute atomic E-state index is 13.3. The van der Waals surface area contributed by atoms with Crippen LogP contribution in [0.4, 0.5) is 10.5 Å². The molecule has 2 atom stereocenters. The lowest BCUT2D eigenvalue weighted by Gasteiger charge is -2.37. The Kier molecular flexibility index (Phi) is 5.86. The summed E-state index contributed by atoms with van der Waals surface area (Å²) in [5.41, 5.74) is 4.10. The summed E-state index contributed by atoms with van der Waals surface area (Å²) in [7, 11) is 0.600. The number of carbonyl (C=O) groups is 1. The number of amides is 2. The lowest BCUT2D eigenvalue weighted by atomic mass is 9.90. The first kappa shape index (κ1) is 20.2. The molecule has 0 spiro atoms. The Bertz CT molecular complexity index is 1070. The van der Waals surface area contributed by atoms with Gasteiger partial charge in [-0.2, -0.15) is 0 Å². The lowest BCUT2D eigenvalue weighted by molar-refractivity contribution is 0.176. The van der Waals surface area contributed by atoms with Crippen LogP contribution in [0.25, 0.3) is 0 Å². The van der Waals surface area contributed by atoms with Crippen molar-refractivity contribution < 1.29 is 13.7 Å². The van der Waals surface area contributed by atoms with Crippen LogP contribution in [0.1, 0.15) is 22.7 Å². The van der Waals surface area contributed by atoms with Gasteiger partial charge in [-0.15, -0.1) is 0 Å². The smallest absolute Gasteiger partial charge is 0.322 e. The van der Waals surface area contributed by atoms with Crippen LogP contribution in [0.5, 0.6) is 5.75 Å². The Hall–Kier alpha value is -3.12. The van der Waals surface area contributed by atoms with Crippen molar-refractivity contribution in [3.63, 3.8) is 0 Å². The van der Waals surface area contributed by atoms with Gasteiger partial charge in [-0.05, 0) is 59.5 Å². The van der Waals surface area contributed by atoms with E-state index in [4.69, 9.17) is 4.74 Å². The van der Waals surface area contributed by atoms with Gasteiger partial charge < -0.3 is 15.0 Å². The maximum Gasteiger partial charge on any atom is 0.322 e. The van der Waals surface area contributed by atoms with E-state index < -0.39 is 10.8 Å². The number of hydrogen-bond acceptors (Lipinski definition) is 3. The van der Waals surface area contributed by atoms with Crippen molar-refractivity contribution in [2.75, 3.05) is 18.7 Å². The predicted octanol–water partition coefficient (Wildman–Crippen LogP) is 4.76. The van der Waals surface area contributed by atoms with Crippen molar-refractivity contribution in [3.8, 4) is 5.75 Å². The molecule has 0 fully saturated rings. The van der Waals surface area contributed by atoms with Crippen LogP contribution in [-0.4, -0.2) is 28.5 Å². The molecule has 5 nitrogen and oxygen atoms in total. The van der Waals surface area contributed by atoms with Crippen LogP contribution >= 0.6 is 0 Å². The van der Waals surface area contributed by atoms with E-state index >= 15 is 0 Å². The summed E-state index contributed by atoms with van der Waals surface area (Å²) in [6.07, 6.45) is 2.38. The molecule has 0 bridgehead atoms. The third kappa shape index (κ3) is 4.24. The number of urea groups is 1. The first-order chi connectivity index (χ1) is 14.5. The average molecular weight is 421 g/mol. The highest BCUT2D eigenvalue weighted by molar-refractivity contribution is 7.84. The molecule has 4 rings (SSSR count). The zero-order valence-corrected chi connectivity index (χ0v) is 17.8. The van der Waals surface area contributed by atoms with E-state index in [-0.39, 0.29) is 12.1 Å². The number of carbonyl (C=O) groups excluding carboxylic acids is 1. The molecule has 0 saturated heterocycles. The second-order valence-corrected chi connectivity index (χ2v) is 8.68. The van der Waals surface area contributed by atoms with Gasteiger partial charge in [-0.25, -0.2) is 4.79 Å². The molecule has 3 aromatic carbocycles. The molecular formula is C24H24N2O3S. The molecule has 0 saturated carbocycles. The van der Waals surface area contributed by atoms with E-state index in [1.165, 1.54) is 5.56 Å². The zero-order valence-electron chi connectivity index (χ0n) is 17.0. The second-order valence-electron chi connectivity index (χ2n) is 7.30. The molecule has 30 heavy (non-hydrogen) atoms. The molecule has 6 heteroatoms. The van der Waals surface area contributed by atoms with E-state index in [0.717, 1.165) is 28.2 Å². The zero-order chi connectivity index (χ0) is 21.1. The van der Waals surface area contributed by atoms with Crippen LogP contribution in [0.2, 0.25) is 0 Å². The minimum absolute atomic E-state index is 0.0606. The minimum Gasteiger partial charge on any atom is -0.497 e. The van der Waals surface area contributed by atoms with Crippen LogP contribution in [-0.2, 0) is 23.8 Å². The number of ether oxygens (including phenoxy) is 1. The Morgan fingerprint density at radius 1 is 1.03 bits per heavy atom. The van der Waals surface area contributed by atoms with Gasteiger partial charge in [0.25, 0.3) is 0 Å². The molecule has 0 aromatic heterocycles. The Balaban J connectivity index is 1.63. The van der Waals surface area contributed by atoms with Crippen molar-refractivity contribution >= 4 is 22.5 Å². The molecular weight excluding hydrogens is 396 g/mol. The monoisotopic (exact) mass is 420 g/mol. The first-order valence-electron chi connectivity index (χ1n) is 9.77. The highest BCUT2D eigenvalue weighted by Crippen LogP contribution is 2.35. The van der Waals surface area contributed by atoms with E-state index in [1.807, 2.05) is 35.2 Å². The van der Waals surface area contributed by atoms with Crippen LogP contribution in [0, 0.1) is 0 Å². The topological polar surface area (TPSA) is 58.6 Å². The molecule has 0 unspecified atom stereocenters. The number of rotatable bonds is 4. The van der Waals surface area contributed by atoms with Crippen molar-refractivity contribution in [2.24, 2.45) is 0 Å². The summed E-state index contributed by atoms with van der Waals surface area (Å²) >= 11 is 0. The Labute approximate surface area is 179 Å². The lowest BCUT2D eigenvalue weighted by Crippen LogP contribution is -2.41. The van der Waals surface area contributed by atoms with Crippen LogP contribution < -0.4 is 10.1 Å². The molecule has 1 aliphatic heterocycles. The molecule has 0 radical (unpaired) electrons. The van der Waals surface area contributed by atoms with Gasteiger partial charge in [0.1, 0.15) is 5.75 Å². The fraction of sp³-hybridized carbons (Fsp3) is 0.208. The van der Waals surface area contributed by atoms with Crippen molar-refractivity contribution in [1.82, 2.24) is 4.90 Å². The summed E-state index contributed by atoms with van der Waals surface area (Å²) in [4.78, 5) is 15.9. The van der Waals surface area contributed by atoms with Crippen molar-refractivity contribution in [3.05, 3.63) is 89.5 Å². The van der Waals surface area contributed by atoms with Gasteiger partial charge in [0.05, 0.1) is 13.2 Å². The normalized spacial score (nSPS) is 16.5. The average Bonchev–Trinajstić information content (AvgIpc) is 2.78. The number of methoxy groups -OCH3 is 1. The second kappa shape index (κ2) is 8.71. The van der Waals surface area contributed by atoms with E-state index in [0.29, 0.717) is 12.2 Å². The molecule has 1 heterocycles. The fourth-order valence-electron chi connectivity index (χ4n) is 3.80. The van der Waals surface area contributed by atoms with Crippen LogP contribution in [0.15, 0.2) is 77.7 Å². The number of nitrogens with one attached hydrogen (secondary N) is 1. The summed E-state index contributed by atoms with van der Waals surface area (Å²) in [6.45, 7) is 0.495. The Morgan fingerprint density at radius 2 is 1.77 bits per heavy atom. The molecule has 3 aromatic rings. The highest BCUT2D eigenvalue weighted by Gasteiger charge is 2.31. The van der Waals surface area contributed by atoms with E-state index in [2.05, 4.69) is 23.5 Å². The summed E-state index contributed by atoms with van der Waals surface area (Å²) in [6, 6.07) is 23.0. The molecule has 2 amide bonds. The SMILES string of the molecule is COc1ccc2c(c1)CN(C(=O)Nc1ccc([S@@](C)=O)cc1)[C@H](c1ccccc1)C2. The van der Waals surface area contributed by atoms with Gasteiger partial charge in [-0.3, -0.25) is 4.21 Å². The summed E-state index contributed by atoms with van der Waals surface area (Å²) in [5.74, 6) is 0.787. The van der Waals surface area contributed by atoms with E-state index in [1.54, 1.807) is 37.6 Å². The highest BCUT2D eigenvalue weighted by atomic mass is 32.2. The molecule has 1 N–H and O–H groups in total. The van der Waals surface area contributed by atoms with Crippen LogP contribution in [0.3, 0.4) is 0 Å². The Morgan fingerprint density at radius 3 is 2.43 bits per heavy atom. The number of anilines is 1. The first-order valence-corrected chi connectivity index (χ1v) is 11.3. The number of hydrogen-bond donors (Lipinski definition) is 1. The molecule has 1 aliphatic rings. The summed E-state index contributed by atoms with van der Waals surface area (Å²) in [5, 5.41) is 2.99. The van der Waals surface area contributed by atoms with Gasteiger partial charge in [0, 0.05) is 34.2 Å². The van der Waals surface area contributed by atoms with Gasteiger partial charge >= 0.3 is 6.03 Å². The quantitative estimate of drug-likeness (QED) is 0.662. The number of benzene rings is 3. The van der Waals surface area contributed by atoms with E-state index in [9.17, 15) is 9.00 Å². The predicted molar refractivity (Wildman–Crippen MR) is 119 cm³/mol. The maximum atomic E-state index is 13.3. The minimum atomic E-state index is -1.05. The largest absolute Gasteiger partial charge is 0.497 e. The number of fused-ring (bicyclic) bond motifs is 1. The molecule has 0 aliphatic carbocycles. The van der Waals surface area contributed by atoms with Crippen molar-refractivity contribution in [2.45, 2.75) is 23.9 Å².